The van der Waals surface area contributed by atoms with Crippen LogP contribution in [0, 0.1) is 6.92 Å². The van der Waals surface area contributed by atoms with Gasteiger partial charge < -0.3 is 4.74 Å². The highest BCUT2D eigenvalue weighted by atomic mass is 16.5. The lowest BCUT2D eigenvalue weighted by molar-refractivity contribution is -0.120. The number of nitrogens with one attached hydrogen (secondary N) is 1. The first kappa shape index (κ1) is 14.9. The fourth-order valence-electron chi connectivity index (χ4n) is 2.16. The van der Waals surface area contributed by atoms with E-state index in [1.807, 2.05) is 31.2 Å². The molecule has 0 aliphatic heterocycles. The third-order valence-electron chi connectivity index (χ3n) is 3.29. The number of hydrogen-bond donors (Lipinski definition) is 1. The molecule has 0 aliphatic rings. The van der Waals surface area contributed by atoms with Crippen LogP contribution in [0.5, 0.6) is 0 Å². The van der Waals surface area contributed by atoms with E-state index in [0.29, 0.717) is 11.0 Å². The van der Waals surface area contributed by atoms with Crippen LogP contribution in [0.3, 0.4) is 0 Å². The molecule has 0 atom stereocenters. The zero-order valence-electron chi connectivity index (χ0n) is 12.7. The Hall–Kier alpha value is -3.00. The van der Waals surface area contributed by atoms with Crippen LogP contribution >= 0.6 is 0 Å². The standard InChI is InChI=1S/C15H15N5O3/c1-10-3-5-11(6-4-10)20-14-12(7-17-20)15(22)19(9-16-14)18-13(21)8-23-2/h3-7,9H,8H2,1-2H3,(H,18,21). The number of nitrogens with zero attached hydrogens (tertiary/aromatic N) is 4. The van der Waals surface area contributed by atoms with Crippen LogP contribution in [-0.2, 0) is 9.53 Å². The van der Waals surface area contributed by atoms with Gasteiger partial charge in [-0.2, -0.15) is 5.10 Å². The average Bonchev–Trinajstić information content (AvgIpc) is 2.96. The summed E-state index contributed by atoms with van der Waals surface area (Å²) in [5.41, 5.74) is 4.35. The smallest absolute Gasteiger partial charge is 0.283 e. The Morgan fingerprint density at radius 3 is 2.74 bits per heavy atom. The fourth-order valence-corrected chi connectivity index (χ4v) is 2.16. The molecule has 2 aromatic heterocycles. The van der Waals surface area contributed by atoms with Crippen molar-refractivity contribution in [2.45, 2.75) is 6.92 Å². The Morgan fingerprint density at radius 2 is 2.04 bits per heavy atom. The Kier molecular flexibility index (Phi) is 3.90. The van der Waals surface area contributed by atoms with Crippen molar-refractivity contribution in [1.82, 2.24) is 19.4 Å². The van der Waals surface area contributed by atoms with Crippen molar-refractivity contribution in [1.29, 1.82) is 0 Å². The summed E-state index contributed by atoms with van der Waals surface area (Å²) in [7, 11) is 1.40. The number of fused-ring (bicyclic) bond motifs is 1. The monoisotopic (exact) mass is 313 g/mol. The number of benzene rings is 1. The van der Waals surface area contributed by atoms with Gasteiger partial charge in [-0.15, -0.1) is 0 Å². The first-order valence-electron chi connectivity index (χ1n) is 6.91. The minimum absolute atomic E-state index is 0.146. The summed E-state index contributed by atoms with van der Waals surface area (Å²) in [5.74, 6) is -0.443. The Morgan fingerprint density at radius 1 is 1.30 bits per heavy atom. The maximum absolute atomic E-state index is 12.4. The van der Waals surface area contributed by atoms with Crippen molar-refractivity contribution in [3.05, 3.63) is 52.7 Å². The number of methoxy groups -OCH3 is 1. The van der Waals surface area contributed by atoms with E-state index in [2.05, 4.69) is 15.5 Å². The quantitative estimate of drug-likeness (QED) is 0.762. The van der Waals surface area contributed by atoms with E-state index in [4.69, 9.17) is 4.74 Å². The van der Waals surface area contributed by atoms with Gasteiger partial charge in [-0.05, 0) is 19.1 Å². The maximum atomic E-state index is 12.4. The zero-order valence-corrected chi connectivity index (χ0v) is 12.7. The Balaban J connectivity index is 2.02. The van der Waals surface area contributed by atoms with Crippen LogP contribution < -0.4 is 11.0 Å². The number of carbonyl (C=O) groups is 1. The lowest BCUT2D eigenvalue weighted by Crippen LogP contribution is -2.34. The van der Waals surface area contributed by atoms with Crippen molar-refractivity contribution >= 4 is 16.9 Å². The minimum Gasteiger partial charge on any atom is -0.375 e. The molecule has 0 spiro atoms. The van der Waals surface area contributed by atoms with E-state index in [1.165, 1.54) is 19.6 Å². The number of rotatable bonds is 4. The summed E-state index contributed by atoms with van der Waals surface area (Å²) in [6, 6.07) is 7.70. The molecule has 0 saturated heterocycles. The number of hydrogen-bond acceptors (Lipinski definition) is 5. The topological polar surface area (TPSA) is 91.0 Å². The second-order valence-electron chi connectivity index (χ2n) is 5.02. The van der Waals surface area contributed by atoms with Gasteiger partial charge in [-0.3, -0.25) is 15.0 Å². The van der Waals surface area contributed by atoms with E-state index in [0.717, 1.165) is 15.9 Å². The van der Waals surface area contributed by atoms with Gasteiger partial charge in [0.15, 0.2) is 5.65 Å². The van der Waals surface area contributed by atoms with E-state index in [9.17, 15) is 9.59 Å². The van der Waals surface area contributed by atoms with Gasteiger partial charge in [0, 0.05) is 7.11 Å². The molecule has 1 amide bonds. The molecule has 0 saturated carbocycles. The van der Waals surface area contributed by atoms with Gasteiger partial charge in [0.25, 0.3) is 11.5 Å². The van der Waals surface area contributed by atoms with Crippen LogP contribution in [0.1, 0.15) is 5.56 Å². The third kappa shape index (κ3) is 2.84. The molecule has 118 valence electrons. The first-order chi connectivity index (χ1) is 11.1. The minimum atomic E-state index is -0.443. The molecular weight excluding hydrogens is 298 g/mol. The van der Waals surface area contributed by atoms with Crippen molar-refractivity contribution in [3.8, 4) is 5.69 Å². The van der Waals surface area contributed by atoms with Gasteiger partial charge in [0.2, 0.25) is 0 Å². The molecule has 8 nitrogen and oxygen atoms in total. The number of carbonyl (C=O) groups excluding carboxylic acids is 1. The van der Waals surface area contributed by atoms with Crippen molar-refractivity contribution in [2.24, 2.45) is 0 Å². The van der Waals surface area contributed by atoms with Crippen LogP contribution in [-0.4, -0.2) is 39.1 Å². The number of ether oxygens (including phenoxy) is 1. The summed E-state index contributed by atoms with van der Waals surface area (Å²) in [6.45, 7) is 1.84. The van der Waals surface area contributed by atoms with Gasteiger partial charge in [0.05, 0.1) is 11.9 Å². The molecule has 0 radical (unpaired) electrons. The zero-order chi connectivity index (χ0) is 16.4. The number of amides is 1. The molecular formula is C15H15N5O3. The van der Waals surface area contributed by atoms with E-state index in [1.54, 1.807) is 4.68 Å². The summed E-state index contributed by atoms with van der Waals surface area (Å²) in [4.78, 5) is 28.1. The summed E-state index contributed by atoms with van der Waals surface area (Å²) in [6.07, 6.45) is 2.69. The molecule has 0 unspecified atom stereocenters. The molecule has 2 heterocycles. The van der Waals surface area contributed by atoms with Crippen LogP contribution in [0.4, 0.5) is 0 Å². The molecule has 8 heteroatoms. The van der Waals surface area contributed by atoms with Gasteiger partial charge >= 0.3 is 0 Å². The molecule has 3 rings (SSSR count). The Bertz CT molecular complexity index is 911. The molecule has 0 fully saturated rings. The Labute approximate surface area is 131 Å². The predicted molar refractivity (Wildman–Crippen MR) is 84.1 cm³/mol. The van der Waals surface area contributed by atoms with Crippen molar-refractivity contribution in [2.75, 3.05) is 19.1 Å². The average molecular weight is 313 g/mol. The first-order valence-corrected chi connectivity index (χ1v) is 6.91. The lowest BCUT2D eigenvalue weighted by atomic mass is 10.2. The highest BCUT2D eigenvalue weighted by Gasteiger charge is 2.12. The van der Waals surface area contributed by atoms with E-state index in [-0.39, 0.29) is 6.61 Å². The number of aromatic nitrogens is 4. The van der Waals surface area contributed by atoms with Gasteiger partial charge in [-0.1, -0.05) is 17.7 Å². The normalized spacial score (nSPS) is 10.9. The molecule has 0 aliphatic carbocycles. The van der Waals surface area contributed by atoms with E-state index < -0.39 is 11.5 Å². The fraction of sp³-hybridized carbons (Fsp3) is 0.200. The van der Waals surface area contributed by atoms with Gasteiger partial charge in [0.1, 0.15) is 18.3 Å². The highest BCUT2D eigenvalue weighted by molar-refractivity contribution is 5.85. The summed E-state index contributed by atoms with van der Waals surface area (Å²) >= 11 is 0. The van der Waals surface area contributed by atoms with Crippen LogP contribution in [0.2, 0.25) is 0 Å². The van der Waals surface area contributed by atoms with Crippen molar-refractivity contribution in [3.63, 3.8) is 0 Å². The largest absolute Gasteiger partial charge is 0.375 e. The second-order valence-corrected chi connectivity index (χ2v) is 5.02. The predicted octanol–water partition coefficient (Wildman–Crippen LogP) is 0.607. The van der Waals surface area contributed by atoms with E-state index >= 15 is 0 Å². The second kappa shape index (κ2) is 6.01. The number of aryl methyl sites for hydroxylation is 1. The maximum Gasteiger partial charge on any atom is 0.283 e. The van der Waals surface area contributed by atoms with Crippen LogP contribution in [0.25, 0.3) is 16.7 Å². The lowest BCUT2D eigenvalue weighted by Gasteiger charge is -2.07. The molecule has 0 bridgehead atoms. The molecule has 1 aromatic carbocycles. The molecule has 3 aromatic rings. The molecule has 1 N–H and O–H groups in total. The summed E-state index contributed by atoms with van der Waals surface area (Å²) in [5, 5.41) is 4.53. The third-order valence-corrected chi connectivity index (χ3v) is 3.29. The molecule has 23 heavy (non-hydrogen) atoms. The van der Waals surface area contributed by atoms with Crippen LogP contribution in [0.15, 0.2) is 41.6 Å². The van der Waals surface area contributed by atoms with Crippen molar-refractivity contribution < 1.29 is 9.53 Å². The van der Waals surface area contributed by atoms with Gasteiger partial charge in [-0.25, -0.2) is 14.3 Å². The summed E-state index contributed by atoms with van der Waals surface area (Å²) < 4.78 is 7.31. The highest BCUT2D eigenvalue weighted by Crippen LogP contribution is 2.13. The SMILES string of the molecule is COCC(=O)Nn1cnc2c(cnn2-c2ccc(C)cc2)c1=O.